The number of carbonyl (C=O) groups is 2. The molecule has 0 bridgehead atoms. The van der Waals surface area contributed by atoms with Crippen LogP contribution in [-0.2, 0) is 22.6 Å². The second-order valence-electron chi connectivity index (χ2n) is 8.61. The summed E-state index contributed by atoms with van der Waals surface area (Å²) in [5.41, 5.74) is 1.20. The lowest BCUT2D eigenvalue weighted by molar-refractivity contribution is -0.154. The molecule has 0 heterocycles. The van der Waals surface area contributed by atoms with Crippen LogP contribution in [0.5, 0.6) is 0 Å². The number of carboxylic acids is 2. The van der Waals surface area contributed by atoms with E-state index in [0.29, 0.717) is 13.1 Å². The number of unbranched alkanes of at least 4 members (excludes halogenated alkanes) is 7. The summed E-state index contributed by atoms with van der Waals surface area (Å²) in [4.78, 5) is 22.1. The van der Waals surface area contributed by atoms with Crippen molar-refractivity contribution in [2.75, 3.05) is 6.54 Å². The molecule has 5 heteroatoms. The van der Waals surface area contributed by atoms with Gasteiger partial charge in [-0.25, -0.2) is 0 Å². The fourth-order valence-corrected chi connectivity index (χ4v) is 3.42. The molecule has 1 aromatic carbocycles. The Morgan fingerprint density at radius 2 is 1.48 bits per heavy atom. The first kappa shape index (κ1) is 26.7. The number of hydrogen-bond donors (Lipinski definition) is 3. The number of aryl methyl sites for hydroxylation is 1. The van der Waals surface area contributed by atoms with Crippen LogP contribution in [0.2, 0.25) is 0 Å². The highest BCUT2D eigenvalue weighted by molar-refractivity contribution is 5.81. The largest absolute Gasteiger partial charge is 0.481 e. The second kappa shape index (κ2) is 15.5. The van der Waals surface area contributed by atoms with Gasteiger partial charge in [-0.3, -0.25) is 9.59 Å². The van der Waals surface area contributed by atoms with Gasteiger partial charge in [0.05, 0.1) is 18.4 Å². The highest BCUT2D eigenvalue weighted by atomic mass is 16.4. The van der Waals surface area contributed by atoms with Crippen molar-refractivity contribution in [3.63, 3.8) is 0 Å². The zero-order valence-corrected chi connectivity index (χ0v) is 19.2. The monoisotopic (exact) mass is 429 g/mol. The zero-order chi connectivity index (χ0) is 23.0. The van der Waals surface area contributed by atoms with Crippen LogP contribution in [0.4, 0.5) is 0 Å². The van der Waals surface area contributed by atoms with Gasteiger partial charge < -0.3 is 15.5 Å². The Morgan fingerprint density at radius 1 is 0.903 bits per heavy atom. The summed E-state index contributed by atoms with van der Waals surface area (Å²) in [6.45, 7) is 4.79. The number of rotatable bonds is 16. The normalized spacial score (nSPS) is 12.6. The topological polar surface area (TPSA) is 86.6 Å². The Hall–Kier alpha value is -2.32. The summed E-state index contributed by atoms with van der Waals surface area (Å²) in [7, 11) is 0. The molecule has 31 heavy (non-hydrogen) atoms. The molecule has 0 saturated carbocycles. The van der Waals surface area contributed by atoms with Crippen LogP contribution in [0, 0.1) is 17.3 Å². The van der Waals surface area contributed by atoms with Gasteiger partial charge in [-0.1, -0.05) is 82.1 Å². The van der Waals surface area contributed by atoms with Crippen molar-refractivity contribution in [1.29, 1.82) is 0 Å². The Balaban J connectivity index is 2.23. The first-order valence-electron chi connectivity index (χ1n) is 11.6. The Morgan fingerprint density at radius 3 is 2.06 bits per heavy atom. The molecule has 1 atom stereocenters. The molecule has 5 nitrogen and oxygen atoms in total. The van der Waals surface area contributed by atoms with Crippen LogP contribution in [-0.4, -0.2) is 28.7 Å². The van der Waals surface area contributed by atoms with Gasteiger partial charge in [0.2, 0.25) is 0 Å². The standard InChI is InChI=1S/C26H39NO4/c1-3-4-5-6-7-8-9-10-13-22-14-16-23(17-15-22)21-27-19-12-11-18-26(2,25(30)31)20-24(28)29/h14-17,27H,3-10,13,18-21H2,1-2H3,(H,28,29)(H,30,31). The minimum absolute atomic E-state index is 0.0176. The van der Waals surface area contributed by atoms with Crippen molar-refractivity contribution < 1.29 is 19.8 Å². The summed E-state index contributed by atoms with van der Waals surface area (Å²) in [6, 6.07) is 8.64. The molecule has 0 spiro atoms. The average Bonchev–Trinajstić information content (AvgIpc) is 2.73. The Bertz CT molecular complexity index is 717. The smallest absolute Gasteiger partial charge is 0.310 e. The molecular weight excluding hydrogens is 390 g/mol. The first-order valence-corrected chi connectivity index (χ1v) is 11.6. The van der Waals surface area contributed by atoms with Gasteiger partial charge in [0.1, 0.15) is 0 Å². The molecule has 0 aliphatic heterocycles. The third-order valence-corrected chi connectivity index (χ3v) is 5.55. The molecule has 0 radical (unpaired) electrons. The highest BCUT2D eigenvalue weighted by Crippen LogP contribution is 2.25. The highest BCUT2D eigenvalue weighted by Gasteiger charge is 2.34. The van der Waals surface area contributed by atoms with E-state index in [2.05, 4.69) is 48.3 Å². The predicted molar refractivity (Wildman–Crippen MR) is 125 cm³/mol. The summed E-state index contributed by atoms with van der Waals surface area (Å²) < 4.78 is 0. The van der Waals surface area contributed by atoms with E-state index in [9.17, 15) is 14.7 Å². The van der Waals surface area contributed by atoms with Crippen molar-refractivity contribution in [3.8, 4) is 11.8 Å². The lowest BCUT2D eigenvalue weighted by Gasteiger charge is -2.19. The first-order chi connectivity index (χ1) is 14.9. The molecule has 3 N–H and O–H groups in total. The van der Waals surface area contributed by atoms with Crippen molar-refractivity contribution in [1.82, 2.24) is 5.32 Å². The molecule has 1 rings (SSSR count). The molecule has 0 aliphatic rings. The van der Waals surface area contributed by atoms with Gasteiger partial charge in [0, 0.05) is 13.0 Å². The van der Waals surface area contributed by atoms with Crippen LogP contribution < -0.4 is 5.32 Å². The van der Waals surface area contributed by atoms with Crippen LogP contribution in [0.3, 0.4) is 0 Å². The van der Waals surface area contributed by atoms with E-state index in [1.807, 2.05) is 0 Å². The van der Waals surface area contributed by atoms with Crippen molar-refractivity contribution in [3.05, 3.63) is 35.4 Å². The van der Waals surface area contributed by atoms with Gasteiger partial charge in [0.15, 0.2) is 0 Å². The number of aliphatic carboxylic acids is 2. The molecule has 0 saturated heterocycles. The summed E-state index contributed by atoms with van der Waals surface area (Å²) in [5, 5.41) is 21.3. The molecule has 0 aliphatic carbocycles. The van der Waals surface area contributed by atoms with Gasteiger partial charge in [-0.2, -0.15) is 0 Å². The average molecular weight is 430 g/mol. The van der Waals surface area contributed by atoms with Gasteiger partial charge in [-0.05, 0) is 30.9 Å². The summed E-state index contributed by atoms with van der Waals surface area (Å²) in [6.07, 6.45) is 11.4. The minimum atomic E-state index is -1.36. The molecule has 0 aromatic heterocycles. The molecule has 1 unspecified atom stereocenters. The SMILES string of the molecule is CCCCCCCCCCc1ccc(CNCC#CCC(C)(CC(=O)O)C(=O)O)cc1. The molecule has 0 amide bonds. The maximum atomic E-state index is 11.3. The van der Waals surface area contributed by atoms with Crippen LogP contribution in [0.15, 0.2) is 24.3 Å². The van der Waals surface area contributed by atoms with E-state index in [-0.39, 0.29) is 6.42 Å². The third kappa shape index (κ3) is 12.2. The fraction of sp³-hybridized carbons (Fsp3) is 0.615. The molecule has 0 fully saturated rings. The number of hydrogen-bond acceptors (Lipinski definition) is 3. The predicted octanol–water partition coefficient (Wildman–Crippen LogP) is 5.42. The fourth-order valence-electron chi connectivity index (χ4n) is 3.42. The van der Waals surface area contributed by atoms with Gasteiger partial charge >= 0.3 is 11.9 Å². The maximum absolute atomic E-state index is 11.3. The lowest BCUT2D eigenvalue weighted by atomic mass is 9.84. The Labute approximate surface area is 187 Å². The van der Waals surface area contributed by atoms with Crippen molar-refractivity contribution >= 4 is 11.9 Å². The number of benzene rings is 1. The lowest BCUT2D eigenvalue weighted by Crippen LogP contribution is -2.30. The van der Waals surface area contributed by atoms with E-state index in [0.717, 1.165) is 6.42 Å². The van der Waals surface area contributed by atoms with Gasteiger partial charge in [0.25, 0.3) is 0 Å². The second-order valence-corrected chi connectivity index (χ2v) is 8.61. The van der Waals surface area contributed by atoms with Gasteiger partial charge in [-0.15, -0.1) is 5.92 Å². The molecule has 1 aromatic rings. The zero-order valence-electron chi connectivity index (χ0n) is 19.2. The van der Waals surface area contributed by atoms with Crippen molar-refractivity contribution in [2.24, 2.45) is 5.41 Å². The van der Waals surface area contributed by atoms with Crippen LogP contribution in [0.25, 0.3) is 0 Å². The Kier molecular flexibility index (Phi) is 13.3. The summed E-state index contributed by atoms with van der Waals surface area (Å²) >= 11 is 0. The maximum Gasteiger partial charge on any atom is 0.310 e. The number of nitrogens with one attached hydrogen (secondary N) is 1. The van der Waals surface area contributed by atoms with E-state index >= 15 is 0 Å². The third-order valence-electron chi connectivity index (χ3n) is 5.55. The van der Waals surface area contributed by atoms with E-state index in [1.54, 1.807) is 0 Å². The number of carboxylic acid groups (broad SMARTS) is 2. The quantitative estimate of drug-likeness (QED) is 0.241. The minimum Gasteiger partial charge on any atom is -0.481 e. The van der Waals surface area contributed by atoms with E-state index in [1.165, 1.54) is 69.4 Å². The molecular formula is C26H39NO4. The van der Waals surface area contributed by atoms with E-state index < -0.39 is 23.8 Å². The molecule has 172 valence electrons. The van der Waals surface area contributed by atoms with Crippen LogP contribution >= 0.6 is 0 Å². The summed E-state index contributed by atoms with van der Waals surface area (Å²) in [5.74, 6) is 3.42. The van der Waals surface area contributed by atoms with Crippen molar-refractivity contribution in [2.45, 2.75) is 91.0 Å². The van der Waals surface area contributed by atoms with E-state index in [4.69, 9.17) is 5.11 Å². The van der Waals surface area contributed by atoms with Crippen LogP contribution in [0.1, 0.15) is 89.2 Å².